The zero-order chi connectivity index (χ0) is 23.4. The summed E-state index contributed by atoms with van der Waals surface area (Å²) in [4.78, 5) is 47.0. The van der Waals surface area contributed by atoms with Crippen LogP contribution in [0.1, 0.15) is 23.2 Å². The molecule has 1 aromatic heterocycles. The number of carboxylic acids is 1. The maximum atomic E-state index is 12.4. The molecule has 13 heteroatoms. The van der Waals surface area contributed by atoms with Gasteiger partial charge in [0.05, 0.1) is 17.6 Å². The van der Waals surface area contributed by atoms with Crippen LogP contribution in [0.2, 0.25) is 0 Å². The number of aromatic nitrogens is 1. The number of nitrogens with zero attached hydrogens (tertiary/aromatic N) is 4. The van der Waals surface area contributed by atoms with Gasteiger partial charge in [0.2, 0.25) is 11.8 Å². The maximum absolute atomic E-state index is 12.4. The Balaban J connectivity index is 0.00000216. The van der Waals surface area contributed by atoms with Crippen LogP contribution in [0.25, 0.3) is 10.9 Å². The second-order valence-electron chi connectivity index (χ2n) is 8.40. The van der Waals surface area contributed by atoms with Gasteiger partial charge in [-0.1, -0.05) is 0 Å². The quantitative estimate of drug-likeness (QED) is 0.527. The number of amides is 2. The van der Waals surface area contributed by atoms with Crippen LogP contribution >= 0.6 is 37.2 Å². The highest BCUT2D eigenvalue weighted by Crippen LogP contribution is 2.27. The molecule has 4 rings (SSSR count). The van der Waals surface area contributed by atoms with Crippen molar-refractivity contribution in [1.82, 2.24) is 14.8 Å². The standard InChI is InChI=1S/C23H29N5O5.3ClH/c1-33-15-21(29)24-16-4-5-19-17(12-16)18(23(31)32)13-20(25-19)27-10-8-26(9-11-27)14-22(30)28-6-2-3-7-28;;;/h4-5,12-13H,2-3,6-11,14-15H2,1H3,(H,24,29)(H,31,32);3*1H. The number of ether oxygens (including phenoxy) is 1. The Hall–Kier alpha value is -2.37. The summed E-state index contributed by atoms with van der Waals surface area (Å²) in [6, 6.07) is 6.60. The van der Waals surface area contributed by atoms with Crippen molar-refractivity contribution in [3.63, 3.8) is 0 Å². The zero-order valence-corrected chi connectivity index (χ0v) is 22.4. The van der Waals surface area contributed by atoms with Crippen molar-refractivity contribution in [3.8, 4) is 0 Å². The van der Waals surface area contributed by atoms with Gasteiger partial charge in [-0.15, -0.1) is 37.2 Å². The van der Waals surface area contributed by atoms with Crippen molar-refractivity contribution in [2.75, 3.05) is 69.7 Å². The van der Waals surface area contributed by atoms with Gasteiger partial charge in [-0.05, 0) is 37.1 Å². The fourth-order valence-corrected chi connectivity index (χ4v) is 4.35. The van der Waals surface area contributed by atoms with Crippen LogP contribution in [-0.2, 0) is 14.3 Å². The first-order chi connectivity index (χ1) is 15.9. The van der Waals surface area contributed by atoms with Gasteiger partial charge in [0.15, 0.2) is 0 Å². The van der Waals surface area contributed by atoms with Crippen LogP contribution in [0.4, 0.5) is 11.5 Å². The summed E-state index contributed by atoms with van der Waals surface area (Å²) >= 11 is 0. The largest absolute Gasteiger partial charge is 0.478 e. The zero-order valence-electron chi connectivity index (χ0n) is 20.0. The molecule has 0 atom stereocenters. The number of aromatic carboxylic acids is 1. The molecule has 2 fully saturated rings. The summed E-state index contributed by atoms with van der Waals surface area (Å²) in [7, 11) is 1.43. The molecule has 3 heterocycles. The number of hydrogen-bond donors (Lipinski definition) is 2. The van der Waals surface area contributed by atoms with Gasteiger partial charge in [0, 0.05) is 57.5 Å². The minimum atomic E-state index is -1.06. The number of fused-ring (bicyclic) bond motifs is 1. The molecule has 0 spiro atoms. The molecule has 2 saturated heterocycles. The van der Waals surface area contributed by atoms with E-state index in [1.54, 1.807) is 24.3 Å². The first kappa shape index (κ1) is 31.7. The molecular formula is C23H32Cl3N5O5. The molecule has 2 aliphatic rings. The molecule has 2 N–H and O–H groups in total. The number of halogens is 3. The van der Waals surface area contributed by atoms with Crippen LogP contribution in [0, 0.1) is 0 Å². The predicted octanol–water partition coefficient (Wildman–Crippen LogP) is 2.53. The maximum Gasteiger partial charge on any atom is 0.336 e. The number of pyridine rings is 1. The van der Waals surface area contributed by atoms with E-state index < -0.39 is 5.97 Å². The molecule has 2 aromatic rings. The van der Waals surface area contributed by atoms with E-state index in [-0.39, 0.29) is 61.2 Å². The van der Waals surface area contributed by atoms with E-state index in [0.29, 0.717) is 55.1 Å². The number of carbonyl (C=O) groups excluding carboxylic acids is 2. The number of likely N-dealkylation sites (tertiary alicyclic amines) is 1. The molecule has 1 aromatic carbocycles. The van der Waals surface area contributed by atoms with E-state index >= 15 is 0 Å². The lowest BCUT2D eigenvalue weighted by molar-refractivity contribution is -0.131. The summed E-state index contributed by atoms with van der Waals surface area (Å²) in [5.74, 6) is -0.592. The topological polar surface area (TPSA) is 115 Å². The molecule has 2 aliphatic heterocycles. The van der Waals surface area contributed by atoms with E-state index in [1.165, 1.54) is 7.11 Å². The number of benzene rings is 1. The lowest BCUT2D eigenvalue weighted by Gasteiger charge is -2.35. The van der Waals surface area contributed by atoms with Crippen molar-refractivity contribution in [2.45, 2.75) is 12.8 Å². The van der Waals surface area contributed by atoms with E-state index in [1.807, 2.05) is 4.90 Å². The van der Waals surface area contributed by atoms with E-state index in [9.17, 15) is 19.5 Å². The van der Waals surface area contributed by atoms with Gasteiger partial charge >= 0.3 is 5.97 Å². The van der Waals surface area contributed by atoms with Gasteiger partial charge in [0.1, 0.15) is 12.4 Å². The third-order valence-electron chi connectivity index (χ3n) is 6.10. The Morgan fingerprint density at radius 2 is 1.67 bits per heavy atom. The molecule has 0 aliphatic carbocycles. The van der Waals surface area contributed by atoms with Crippen molar-refractivity contribution in [3.05, 3.63) is 29.8 Å². The van der Waals surface area contributed by atoms with Crippen LogP contribution in [0.3, 0.4) is 0 Å². The molecule has 0 unspecified atom stereocenters. The summed E-state index contributed by atoms with van der Waals surface area (Å²) in [6.45, 7) is 4.81. The Labute approximate surface area is 228 Å². The van der Waals surface area contributed by atoms with E-state index in [2.05, 4.69) is 20.1 Å². The Kier molecular flexibility index (Phi) is 12.7. The van der Waals surface area contributed by atoms with Gasteiger partial charge in [-0.25, -0.2) is 9.78 Å². The highest BCUT2D eigenvalue weighted by molar-refractivity contribution is 6.05. The summed E-state index contributed by atoms with van der Waals surface area (Å²) in [5.41, 5.74) is 1.16. The molecule has 0 bridgehead atoms. The van der Waals surface area contributed by atoms with Crippen LogP contribution in [0.15, 0.2) is 24.3 Å². The van der Waals surface area contributed by atoms with Gasteiger partial charge in [-0.3, -0.25) is 14.5 Å². The lowest BCUT2D eigenvalue weighted by Crippen LogP contribution is -2.50. The van der Waals surface area contributed by atoms with Crippen molar-refractivity contribution in [2.24, 2.45) is 0 Å². The van der Waals surface area contributed by atoms with Crippen molar-refractivity contribution in [1.29, 1.82) is 0 Å². The number of nitrogens with one attached hydrogen (secondary N) is 1. The molecule has 200 valence electrons. The third-order valence-corrected chi connectivity index (χ3v) is 6.10. The van der Waals surface area contributed by atoms with E-state index in [4.69, 9.17) is 4.74 Å². The Bertz CT molecular complexity index is 1060. The fourth-order valence-electron chi connectivity index (χ4n) is 4.35. The average Bonchev–Trinajstić information content (AvgIpc) is 3.34. The monoisotopic (exact) mass is 563 g/mol. The molecule has 36 heavy (non-hydrogen) atoms. The second kappa shape index (κ2) is 14.4. The third kappa shape index (κ3) is 7.57. The number of piperazine rings is 1. The normalized spacial score (nSPS) is 15.5. The molecule has 10 nitrogen and oxygen atoms in total. The summed E-state index contributed by atoms with van der Waals surface area (Å²) in [5, 5.41) is 12.9. The van der Waals surface area contributed by atoms with Crippen molar-refractivity contribution >= 4 is 77.4 Å². The SMILES string of the molecule is COCC(=O)Nc1ccc2nc(N3CCN(CC(=O)N4CCCC4)CC3)cc(C(=O)O)c2c1.Cl.Cl.Cl. The summed E-state index contributed by atoms with van der Waals surface area (Å²) in [6.07, 6.45) is 2.17. The summed E-state index contributed by atoms with van der Waals surface area (Å²) < 4.78 is 4.81. The van der Waals surface area contributed by atoms with Crippen molar-refractivity contribution < 1.29 is 24.2 Å². The fraction of sp³-hybridized carbons (Fsp3) is 0.478. The lowest BCUT2D eigenvalue weighted by atomic mass is 10.1. The number of carboxylic acid groups (broad SMARTS) is 1. The van der Waals surface area contributed by atoms with Crippen LogP contribution in [-0.4, -0.2) is 97.2 Å². The Morgan fingerprint density at radius 3 is 2.28 bits per heavy atom. The van der Waals surface area contributed by atoms with Gasteiger partial charge in [0.25, 0.3) is 0 Å². The number of carbonyl (C=O) groups is 3. The minimum absolute atomic E-state index is 0. The van der Waals surface area contributed by atoms with Crippen LogP contribution in [0.5, 0.6) is 0 Å². The Morgan fingerprint density at radius 1 is 1.00 bits per heavy atom. The van der Waals surface area contributed by atoms with Gasteiger partial charge in [-0.2, -0.15) is 0 Å². The highest BCUT2D eigenvalue weighted by atomic mass is 35.5. The second-order valence-corrected chi connectivity index (χ2v) is 8.40. The van der Waals surface area contributed by atoms with Gasteiger partial charge < -0.3 is 25.0 Å². The smallest absolute Gasteiger partial charge is 0.336 e. The number of anilines is 2. The molecule has 2 amide bonds. The molecule has 0 radical (unpaired) electrons. The highest BCUT2D eigenvalue weighted by Gasteiger charge is 2.25. The number of rotatable bonds is 7. The molecule has 0 saturated carbocycles. The first-order valence-electron chi connectivity index (χ1n) is 11.2. The first-order valence-corrected chi connectivity index (χ1v) is 11.2. The number of hydrogen-bond acceptors (Lipinski definition) is 7. The van der Waals surface area contributed by atoms with Crippen LogP contribution < -0.4 is 10.2 Å². The minimum Gasteiger partial charge on any atom is -0.478 e. The van der Waals surface area contributed by atoms with E-state index in [0.717, 1.165) is 25.9 Å². The molecular weight excluding hydrogens is 533 g/mol. The number of methoxy groups -OCH3 is 1. The predicted molar refractivity (Wildman–Crippen MR) is 145 cm³/mol. The average molecular weight is 565 g/mol.